The van der Waals surface area contributed by atoms with E-state index in [-0.39, 0.29) is 29.6 Å². The molecule has 1 spiro atoms. The van der Waals surface area contributed by atoms with Gasteiger partial charge in [-0.05, 0) is 41.8 Å². The summed E-state index contributed by atoms with van der Waals surface area (Å²) in [5, 5.41) is 11.3. The van der Waals surface area contributed by atoms with Gasteiger partial charge in [0.1, 0.15) is 5.54 Å². The summed E-state index contributed by atoms with van der Waals surface area (Å²) >= 11 is 0. The number of urea groups is 1. The topological polar surface area (TPSA) is 98.7 Å². The van der Waals surface area contributed by atoms with E-state index in [0.29, 0.717) is 58.1 Å². The first-order valence-electron chi connectivity index (χ1n) is 14.4. The number of likely N-dealkylation sites (tertiary alicyclic amines) is 1. The summed E-state index contributed by atoms with van der Waals surface area (Å²) < 4.78 is 10.7. The van der Waals surface area contributed by atoms with Crippen LogP contribution >= 0.6 is 0 Å². The Hall–Kier alpha value is -3.73. The van der Waals surface area contributed by atoms with Gasteiger partial charge in [-0.15, -0.1) is 0 Å². The average molecular weight is 558 g/mol. The lowest BCUT2D eigenvalue weighted by Crippen LogP contribution is -2.51. The van der Waals surface area contributed by atoms with Crippen LogP contribution in [0.4, 0.5) is 4.79 Å². The molecule has 10 nitrogen and oxygen atoms in total. The van der Waals surface area contributed by atoms with Gasteiger partial charge >= 0.3 is 6.03 Å². The maximum absolute atomic E-state index is 14.4. The molecule has 1 aromatic heterocycles. The van der Waals surface area contributed by atoms with Crippen LogP contribution in [0.3, 0.4) is 0 Å². The molecule has 214 valence electrons. The highest BCUT2D eigenvalue weighted by atomic mass is 16.5. The lowest BCUT2D eigenvalue weighted by molar-refractivity contribution is -0.133. The van der Waals surface area contributed by atoms with Crippen molar-refractivity contribution in [2.24, 2.45) is 5.92 Å². The van der Waals surface area contributed by atoms with Crippen molar-refractivity contribution in [2.75, 3.05) is 59.6 Å². The number of rotatable bonds is 7. The highest BCUT2D eigenvalue weighted by Crippen LogP contribution is 2.55. The van der Waals surface area contributed by atoms with Gasteiger partial charge in [0.05, 0.1) is 31.9 Å². The molecule has 4 aliphatic rings. The first-order chi connectivity index (χ1) is 20.0. The standard InChI is InChI=1S/C31H35N5O5/c1-40-28-7-6-21(16-27(28)37)18-34-19-22-17-26(24-8-9-32-25-5-3-2-4-23(24)25)36-30(39)35(29(38)31(22,36)20-34)11-10-33-12-14-41-15-13-33/h2-9,16,22,26,37H,10-15,17-20H2,1H3/t22-,26+,31?/m1/s1. The average Bonchev–Trinajstić information content (AvgIpc) is 3.56. The molecular formula is C31H35N5O5. The minimum atomic E-state index is -0.911. The number of para-hydroxylation sites is 1. The molecule has 1 N–H and O–H groups in total. The predicted molar refractivity (Wildman–Crippen MR) is 151 cm³/mol. The Labute approximate surface area is 239 Å². The van der Waals surface area contributed by atoms with Crippen LogP contribution in [0.15, 0.2) is 54.7 Å². The van der Waals surface area contributed by atoms with Crippen LogP contribution in [-0.4, -0.2) is 107 Å². The highest BCUT2D eigenvalue weighted by molar-refractivity contribution is 6.08. The number of benzene rings is 2. The number of aromatic nitrogens is 1. The molecule has 3 atom stereocenters. The number of hydrogen-bond acceptors (Lipinski definition) is 8. The van der Waals surface area contributed by atoms with E-state index in [1.54, 1.807) is 18.3 Å². The van der Waals surface area contributed by atoms with E-state index in [4.69, 9.17) is 9.47 Å². The molecular weight excluding hydrogens is 522 g/mol. The number of carbonyl (C=O) groups excluding carboxylic acids is 2. The summed E-state index contributed by atoms with van der Waals surface area (Å²) in [5.41, 5.74) is 1.96. The number of nitrogens with zero attached hydrogens (tertiary/aromatic N) is 5. The van der Waals surface area contributed by atoms with Crippen molar-refractivity contribution in [3.63, 3.8) is 0 Å². The summed E-state index contributed by atoms with van der Waals surface area (Å²) in [4.78, 5) is 41.0. The molecule has 10 heteroatoms. The summed E-state index contributed by atoms with van der Waals surface area (Å²) in [6, 6.07) is 15.0. The van der Waals surface area contributed by atoms with Gasteiger partial charge in [-0.25, -0.2) is 4.79 Å². The molecule has 1 unspecified atom stereocenters. The van der Waals surface area contributed by atoms with Gasteiger partial charge in [-0.2, -0.15) is 0 Å². The summed E-state index contributed by atoms with van der Waals surface area (Å²) in [7, 11) is 1.53. The smallest absolute Gasteiger partial charge is 0.328 e. The lowest BCUT2D eigenvalue weighted by atomic mass is 9.87. The van der Waals surface area contributed by atoms with E-state index in [9.17, 15) is 14.7 Å². The van der Waals surface area contributed by atoms with Crippen LogP contribution in [0, 0.1) is 5.92 Å². The van der Waals surface area contributed by atoms with Gasteiger partial charge < -0.3 is 19.5 Å². The molecule has 0 aliphatic carbocycles. The molecule has 2 aromatic carbocycles. The van der Waals surface area contributed by atoms with Crippen molar-refractivity contribution in [3.8, 4) is 11.5 Å². The number of carbonyl (C=O) groups is 2. The number of aromatic hydroxyl groups is 1. The quantitative estimate of drug-likeness (QED) is 0.443. The fourth-order valence-corrected chi connectivity index (χ4v) is 7.44. The van der Waals surface area contributed by atoms with Crippen molar-refractivity contribution in [2.45, 2.75) is 24.5 Å². The summed E-state index contributed by atoms with van der Waals surface area (Å²) in [5.74, 6) is 0.435. The Morgan fingerprint density at radius 3 is 2.71 bits per heavy atom. The molecule has 0 bridgehead atoms. The van der Waals surface area contributed by atoms with Gasteiger partial charge in [0.15, 0.2) is 11.5 Å². The number of methoxy groups -OCH3 is 1. The third-order valence-electron chi connectivity index (χ3n) is 9.36. The van der Waals surface area contributed by atoms with Crippen LogP contribution in [0.1, 0.15) is 23.6 Å². The normalized spacial score (nSPS) is 26.7. The number of morpholine rings is 1. The van der Waals surface area contributed by atoms with E-state index in [1.165, 1.54) is 12.0 Å². The zero-order valence-electron chi connectivity index (χ0n) is 23.2. The van der Waals surface area contributed by atoms with Gasteiger partial charge in [0.25, 0.3) is 5.91 Å². The van der Waals surface area contributed by atoms with Crippen molar-refractivity contribution < 1.29 is 24.2 Å². The van der Waals surface area contributed by atoms with Gasteiger partial charge in [0, 0.05) is 63.3 Å². The molecule has 5 heterocycles. The third-order valence-corrected chi connectivity index (χ3v) is 9.36. The van der Waals surface area contributed by atoms with E-state index < -0.39 is 5.54 Å². The highest BCUT2D eigenvalue weighted by Gasteiger charge is 2.70. The fraction of sp³-hybridized carbons (Fsp3) is 0.452. The van der Waals surface area contributed by atoms with Crippen molar-refractivity contribution in [3.05, 3.63) is 65.9 Å². The Morgan fingerprint density at radius 2 is 1.90 bits per heavy atom. The Kier molecular flexibility index (Phi) is 6.56. The van der Waals surface area contributed by atoms with Crippen LogP contribution in [0.25, 0.3) is 10.9 Å². The zero-order chi connectivity index (χ0) is 28.1. The molecule has 4 fully saturated rings. The molecule has 3 amide bonds. The van der Waals surface area contributed by atoms with Crippen LogP contribution in [0.5, 0.6) is 11.5 Å². The maximum atomic E-state index is 14.4. The third kappa shape index (κ3) is 4.24. The Bertz CT molecular complexity index is 1490. The summed E-state index contributed by atoms with van der Waals surface area (Å²) in [6.07, 6.45) is 2.52. The number of imide groups is 1. The molecule has 4 saturated heterocycles. The number of ether oxygens (including phenoxy) is 2. The number of amides is 3. The first kappa shape index (κ1) is 26.2. The van der Waals surface area contributed by atoms with E-state index in [1.807, 2.05) is 35.2 Å². The molecule has 4 aliphatic heterocycles. The van der Waals surface area contributed by atoms with E-state index in [0.717, 1.165) is 35.1 Å². The monoisotopic (exact) mass is 557 g/mol. The number of fused-ring (bicyclic) bond motifs is 1. The van der Waals surface area contributed by atoms with Crippen molar-refractivity contribution in [1.29, 1.82) is 0 Å². The molecule has 3 aromatic rings. The maximum Gasteiger partial charge on any atom is 0.328 e. The fourth-order valence-electron chi connectivity index (χ4n) is 7.44. The predicted octanol–water partition coefficient (Wildman–Crippen LogP) is 2.86. The summed E-state index contributed by atoms with van der Waals surface area (Å²) in [6.45, 7) is 5.71. The minimum absolute atomic E-state index is 0.00360. The van der Waals surface area contributed by atoms with Crippen molar-refractivity contribution >= 4 is 22.8 Å². The van der Waals surface area contributed by atoms with Gasteiger partial charge in [0.2, 0.25) is 0 Å². The van der Waals surface area contributed by atoms with Crippen LogP contribution < -0.4 is 4.74 Å². The largest absolute Gasteiger partial charge is 0.504 e. The Morgan fingerprint density at radius 1 is 1.07 bits per heavy atom. The zero-order valence-corrected chi connectivity index (χ0v) is 23.2. The Balaban J connectivity index is 1.21. The van der Waals surface area contributed by atoms with E-state index >= 15 is 0 Å². The number of phenols is 1. The SMILES string of the molecule is COc1ccc(CN2C[C@H]3C[C@@H](c4ccnc5ccccc45)N4C(=O)N(CCN5CCOCC5)C(=O)C34C2)cc1O. The second-order valence-corrected chi connectivity index (χ2v) is 11.5. The van der Waals surface area contributed by atoms with Crippen LogP contribution in [0.2, 0.25) is 0 Å². The molecule has 0 radical (unpaired) electrons. The molecule has 41 heavy (non-hydrogen) atoms. The van der Waals surface area contributed by atoms with Gasteiger partial charge in [-0.1, -0.05) is 24.3 Å². The first-order valence-corrected chi connectivity index (χ1v) is 14.4. The second-order valence-electron chi connectivity index (χ2n) is 11.5. The van der Waals surface area contributed by atoms with Gasteiger partial charge in [-0.3, -0.25) is 24.5 Å². The van der Waals surface area contributed by atoms with E-state index in [2.05, 4.69) is 20.9 Å². The van der Waals surface area contributed by atoms with Crippen LogP contribution in [-0.2, 0) is 16.1 Å². The number of phenolic OH excluding ortho intramolecular Hbond substituents is 1. The lowest BCUT2D eigenvalue weighted by Gasteiger charge is -2.32. The van der Waals surface area contributed by atoms with Crippen molar-refractivity contribution in [1.82, 2.24) is 24.6 Å². The molecule has 7 rings (SSSR count). The number of pyridine rings is 1. The second kappa shape index (κ2) is 10.3. The minimum Gasteiger partial charge on any atom is -0.504 e. The number of hydrogen-bond donors (Lipinski definition) is 1. The molecule has 0 saturated carbocycles.